The highest BCUT2D eigenvalue weighted by atomic mass is 16.5. The monoisotopic (exact) mass is 263 g/mol. The lowest BCUT2D eigenvalue weighted by Crippen LogP contribution is -2.35. The largest absolute Gasteiger partial charge is 0.488 e. The summed E-state index contributed by atoms with van der Waals surface area (Å²) in [5, 5.41) is 0. The van der Waals surface area contributed by atoms with E-state index in [1.54, 1.807) is 12.1 Å². The number of hydrogen-bond acceptors (Lipinski definition) is 5. The Balaban J connectivity index is 1.84. The van der Waals surface area contributed by atoms with Crippen molar-refractivity contribution in [3.63, 3.8) is 0 Å². The molecule has 0 radical (unpaired) electrons. The number of H-pyrrole nitrogens is 1. The van der Waals surface area contributed by atoms with Gasteiger partial charge in [-0.05, 0) is 19.9 Å². The molecule has 0 spiro atoms. The van der Waals surface area contributed by atoms with Gasteiger partial charge in [0, 0.05) is 25.2 Å². The third-order valence-electron chi connectivity index (χ3n) is 3.51. The van der Waals surface area contributed by atoms with Crippen molar-refractivity contribution >= 4 is 16.8 Å². The smallest absolute Gasteiger partial charge is 0.417 e. The molecule has 6 heteroatoms. The highest BCUT2D eigenvalue weighted by Crippen LogP contribution is 2.29. The Bertz CT molecular complexity index is 638. The number of rotatable bonds is 2. The summed E-state index contributed by atoms with van der Waals surface area (Å²) in [6, 6.07) is 3.35. The molecule has 3 rings (SSSR count). The number of nitrogens with two attached hydrogens (primary N) is 1. The number of piperidine rings is 1. The molecule has 1 aliphatic heterocycles. The van der Waals surface area contributed by atoms with Crippen LogP contribution in [-0.2, 0) is 0 Å². The molecule has 1 saturated heterocycles. The Hall–Kier alpha value is -1.95. The molecule has 3 N–H and O–H groups in total. The summed E-state index contributed by atoms with van der Waals surface area (Å²) in [6.45, 7) is 2.05. The molecule has 19 heavy (non-hydrogen) atoms. The van der Waals surface area contributed by atoms with E-state index in [0.29, 0.717) is 22.5 Å². The Morgan fingerprint density at radius 2 is 2.16 bits per heavy atom. The predicted molar refractivity (Wildman–Crippen MR) is 72.4 cm³/mol. The summed E-state index contributed by atoms with van der Waals surface area (Å²) in [5.74, 6) is 0.130. The molecule has 0 bridgehead atoms. The van der Waals surface area contributed by atoms with Crippen molar-refractivity contribution in [1.29, 1.82) is 0 Å². The van der Waals surface area contributed by atoms with Crippen LogP contribution in [0.15, 0.2) is 21.3 Å². The third-order valence-corrected chi connectivity index (χ3v) is 3.51. The standard InChI is InChI=1S/C13H17N3O3/c1-16-4-2-8(3-5-16)18-11-7-10-12(6-9(11)14)19-13(17)15-10/h6-8H,2-5,14H2,1H3,(H,15,17). The summed E-state index contributed by atoms with van der Waals surface area (Å²) in [4.78, 5) is 16.0. The molecule has 0 aliphatic carbocycles. The number of aromatic amines is 1. The number of fused-ring (bicyclic) bond motifs is 1. The fraction of sp³-hybridized carbons (Fsp3) is 0.462. The number of aromatic nitrogens is 1. The van der Waals surface area contributed by atoms with Gasteiger partial charge in [-0.1, -0.05) is 0 Å². The van der Waals surface area contributed by atoms with Crippen molar-refractivity contribution in [3.05, 3.63) is 22.7 Å². The van der Waals surface area contributed by atoms with E-state index in [1.165, 1.54) is 0 Å². The second-order valence-electron chi connectivity index (χ2n) is 5.02. The Kier molecular flexibility index (Phi) is 2.94. The first kappa shape index (κ1) is 12.1. The van der Waals surface area contributed by atoms with Gasteiger partial charge >= 0.3 is 5.76 Å². The van der Waals surface area contributed by atoms with Crippen LogP contribution in [0.5, 0.6) is 5.75 Å². The number of nitrogen functional groups attached to an aromatic ring is 1. The van der Waals surface area contributed by atoms with E-state index in [2.05, 4.69) is 16.9 Å². The number of oxazole rings is 1. The maximum atomic E-state index is 11.1. The van der Waals surface area contributed by atoms with Crippen molar-refractivity contribution < 1.29 is 9.15 Å². The van der Waals surface area contributed by atoms with E-state index in [4.69, 9.17) is 14.9 Å². The zero-order chi connectivity index (χ0) is 13.4. The van der Waals surface area contributed by atoms with Crippen LogP contribution in [0.4, 0.5) is 5.69 Å². The van der Waals surface area contributed by atoms with Crippen LogP contribution in [0.25, 0.3) is 11.1 Å². The summed E-state index contributed by atoms with van der Waals surface area (Å²) in [7, 11) is 2.10. The average Bonchev–Trinajstić information content (AvgIpc) is 2.72. The molecule has 0 unspecified atom stereocenters. The zero-order valence-electron chi connectivity index (χ0n) is 10.8. The molecule has 0 amide bonds. The number of nitrogens with zero attached hydrogens (tertiary/aromatic N) is 1. The highest BCUT2D eigenvalue weighted by molar-refractivity contribution is 5.80. The molecule has 2 aromatic rings. The van der Waals surface area contributed by atoms with Gasteiger partial charge in [-0.2, -0.15) is 0 Å². The third kappa shape index (κ3) is 2.44. The van der Waals surface area contributed by atoms with Gasteiger partial charge in [0.2, 0.25) is 0 Å². The van der Waals surface area contributed by atoms with Gasteiger partial charge in [0.1, 0.15) is 11.9 Å². The SMILES string of the molecule is CN1CCC(Oc2cc3[nH]c(=O)oc3cc2N)CC1. The summed E-state index contributed by atoms with van der Waals surface area (Å²) >= 11 is 0. The molecule has 0 atom stereocenters. The van der Waals surface area contributed by atoms with Gasteiger partial charge in [-0.3, -0.25) is 4.98 Å². The van der Waals surface area contributed by atoms with E-state index in [-0.39, 0.29) is 6.10 Å². The quantitative estimate of drug-likeness (QED) is 0.795. The van der Waals surface area contributed by atoms with Crippen LogP contribution >= 0.6 is 0 Å². The molecule has 1 aromatic carbocycles. The molecular formula is C13H17N3O3. The highest BCUT2D eigenvalue weighted by Gasteiger charge is 2.19. The number of benzene rings is 1. The van der Waals surface area contributed by atoms with Crippen LogP contribution in [0.3, 0.4) is 0 Å². The van der Waals surface area contributed by atoms with Crippen molar-refractivity contribution in [3.8, 4) is 5.75 Å². The van der Waals surface area contributed by atoms with E-state index >= 15 is 0 Å². The van der Waals surface area contributed by atoms with E-state index < -0.39 is 5.76 Å². The number of likely N-dealkylation sites (tertiary alicyclic amines) is 1. The van der Waals surface area contributed by atoms with Crippen molar-refractivity contribution in [2.45, 2.75) is 18.9 Å². The maximum Gasteiger partial charge on any atom is 0.417 e. The van der Waals surface area contributed by atoms with Crippen LogP contribution in [0.2, 0.25) is 0 Å². The first-order valence-corrected chi connectivity index (χ1v) is 6.39. The van der Waals surface area contributed by atoms with E-state index in [9.17, 15) is 4.79 Å². The molecule has 1 aromatic heterocycles. The zero-order valence-corrected chi connectivity index (χ0v) is 10.8. The molecule has 1 aliphatic rings. The van der Waals surface area contributed by atoms with Gasteiger partial charge in [0.25, 0.3) is 0 Å². The van der Waals surface area contributed by atoms with Gasteiger partial charge in [0.15, 0.2) is 5.58 Å². The predicted octanol–water partition coefficient (Wildman–Crippen LogP) is 1.18. The Labute approximate surface area is 110 Å². The van der Waals surface area contributed by atoms with Gasteiger partial charge in [-0.25, -0.2) is 4.79 Å². The number of ether oxygens (including phenoxy) is 1. The number of hydrogen-bond donors (Lipinski definition) is 2. The Morgan fingerprint density at radius 3 is 2.89 bits per heavy atom. The minimum absolute atomic E-state index is 0.176. The molecular weight excluding hydrogens is 246 g/mol. The van der Waals surface area contributed by atoms with Crippen molar-refractivity contribution in [2.24, 2.45) is 0 Å². The molecule has 1 fully saturated rings. The molecule has 102 valence electrons. The van der Waals surface area contributed by atoms with Gasteiger partial charge < -0.3 is 19.8 Å². The maximum absolute atomic E-state index is 11.1. The van der Waals surface area contributed by atoms with Crippen molar-refractivity contribution in [1.82, 2.24) is 9.88 Å². The summed E-state index contributed by atoms with van der Waals surface area (Å²) in [6.07, 6.45) is 2.14. The minimum Gasteiger partial charge on any atom is -0.488 e. The minimum atomic E-state index is -0.481. The van der Waals surface area contributed by atoms with Crippen LogP contribution in [-0.4, -0.2) is 36.1 Å². The lowest BCUT2D eigenvalue weighted by molar-refractivity contribution is 0.115. The van der Waals surface area contributed by atoms with Crippen LogP contribution in [0, 0.1) is 0 Å². The first-order valence-electron chi connectivity index (χ1n) is 6.39. The second-order valence-corrected chi connectivity index (χ2v) is 5.02. The average molecular weight is 263 g/mol. The van der Waals surface area contributed by atoms with E-state index in [1.807, 2.05) is 0 Å². The molecule has 0 saturated carbocycles. The lowest BCUT2D eigenvalue weighted by atomic mass is 10.1. The molecule has 2 heterocycles. The van der Waals surface area contributed by atoms with E-state index in [0.717, 1.165) is 25.9 Å². The van der Waals surface area contributed by atoms with Gasteiger partial charge in [-0.15, -0.1) is 0 Å². The fourth-order valence-corrected chi connectivity index (χ4v) is 2.38. The van der Waals surface area contributed by atoms with Crippen molar-refractivity contribution in [2.75, 3.05) is 25.9 Å². The second kappa shape index (κ2) is 4.62. The number of anilines is 1. The fourth-order valence-electron chi connectivity index (χ4n) is 2.38. The summed E-state index contributed by atoms with van der Waals surface area (Å²) < 4.78 is 10.9. The first-order chi connectivity index (χ1) is 9.11. The molecule has 6 nitrogen and oxygen atoms in total. The van der Waals surface area contributed by atoms with Crippen LogP contribution < -0.4 is 16.2 Å². The summed E-state index contributed by atoms with van der Waals surface area (Å²) in [5.41, 5.74) is 7.49. The van der Waals surface area contributed by atoms with Crippen LogP contribution in [0.1, 0.15) is 12.8 Å². The lowest BCUT2D eigenvalue weighted by Gasteiger charge is -2.29. The Morgan fingerprint density at radius 1 is 1.42 bits per heavy atom. The normalized spacial score (nSPS) is 17.9. The topological polar surface area (TPSA) is 84.5 Å². The number of nitrogens with one attached hydrogen (secondary N) is 1. The van der Waals surface area contributed by atoms with Gasteiger partial charge in [0.05, 0.1) is 11.2 Å².